The van der Waals surface area contributed by atoms with Crippen molar-refractivity contribution in [2.75, 3.05) is 13.7 Å². The van der Waals surface area contributed by atoms with Gasteiger partial charge in [0.1, 0.15) is 0 Å². The molecule has 0 saturated heterocycles. The normalized spacial score (nSPS) is 9.42. The van der Waals surface area contributed by atoms with Crippen LogP contribution in [0.3, 0.4) is 0 Å². The number of carbonyl (C=O) groups is 2. The van der Waals surface area contributed by atoms with Crippen molar-refractivity contribution in [3.05, 3.63) is 66.3 Å². The van der Waals surface area contributed by atoms with E-state index in [4.69, 9.17) is 10.2 Å². The van der Waals surface area contributed by atoms with Gasteiger partial charge in [-0.3, -0.25) is 0 Å². The van der Waals surface area contributed by atoms with Gasteiger partial charge in [-0.05, 0) is 25.8 Å². The molecule has 0 aromatic heterocycles. The van der Waals surface area contributed by atoms with E-state index in [2.05, 4.69) is 17.9 Å². The van der Waals surface area contributed by atoms with Crippen LogP contribution >= 0.6 is 0 Å². The van der Waals surface area contributed by atoms with Crippen molar-refractivity contribution in [1.82, 2.24) is 0 Å². The quantitative estimate of drug-likeness (QED) is 0.636. The molecular weight excluding hydrogens is 308 g/mol. The molecule has 2 N–H and O–H groups in total. The molecule has 1 rings (SSSR count). The first-order chi connectivity index (χ1) is 11.3. The second kappa shape index (κ2) is 15.2. The Balaban J connectivity index is 0. The molecule has 5 nitrogen and oxygen atoms in total. The highest BCUT2D eigenvalue weighted by molar-refractivity contribution is 5.86. The van der Waals surface area contributed by atoms with Crippen molar-refractivity contribution in [3.8, 4) is 0 Å². The third-order valence-electron chi connectivity index (χ3n) is 2.49. The van der Waals surface area contributed by atoms with Crippen molar-refractivity contribution in [2.45, 2.75) is 20.3 Å². The molecule has 24 heavy (non-hydrogen) atoms. The number of aliphatic carboxylic acids is 1. The summed E-state index contributed by atoms with van der Waals surface area (Å²) in [6.45, 7) is 10.1. The maximum absolute atomic E-state index is 10.2. The molecule has 0 fully saturated rings. The van der Waals surface area contributed by atoms with Crippen LogP contribution in [0.2, 0.25) is 0 Å². The fourth-order valence-corrected chi connectivity index (χ4v) is 1.13. The van der Waals surface area contributed by atoms with E-state index >= 15 is 0 Å². The Hall–Kier alpha value is -2.66. The number of rotatable bonds is 5. The van der Waals surface area contributed by atoms with Gasteiger partial charge in [-0.1, -0.05) is 55.6 Å². The first kappa shape index (κ1) is 23.6. The topological polar surface area (TPSA) is 83.8 Å². The smallest absolute Gasteiger partial charge is 0.332 e. The average molecular weight is 334 g/mol. The fourth-order valence-electron chi connectivity index (χ4n) is 1.13. The molecule has 0 bridgehead atoms. The van der Waals surface area contributed by atoms with Gasteiger partial charge in [-0.25, -0.2) is 9.59 Å². The van der Waals surface area contributed by atoms with Crippen molar-refractivity contribution < 1.29 is 24.5 Å². The number of carboxylic acid groups (broad SMARTS) is 1. The highest BCUT2D eigenvalue weighted by Gasteiger charge is 1.96. The number of aliphatic hydroxyl groups is 1. The van der Waals surface area contributed by atoms with Crippen molar-refractivity contribution in [1.29, 1.82) is 0 Å². The highest BCUT2D eigenvalue weighted by Crippen LogP contribution is 1.97. The Morgan fingerprint density at radius 2 is 1.75 bits per heavy atom. The van der Waals surface area contributed by atoms with Crippen molar-refractivity contribution in [3.63, 3.8) is 0 Å². The summed E-state index contributed by atoms with van der Waals surface area (Å²) in [4.78, 5) is 20.2. The van der Waals surface area contributed by atoms with Crippen LogP contribution < -0.4 is 0 Å². The lowest BCUT2D eigenvalue weighted by molar-refractivity contribution is -0.136. The number of esters is 1. The molecule has 0 atom stereocenters. The Morgan fingerprint density at radius 1 is 1.21 bits per heavy atom. The van der Waals surface area contributed by atoms with E-state index in [0.717, 1.165) is 0 Å². The number of ether oxygens (including phenoxy) is 1. The van der Waals surface area contributed by atoms with E-state index in [1.54, 1.807) is 6.92 Å². The monoisotopic (exact) mass is 334 g/mol. The predicted molar refractivity (Wildman–Crippen MR) is 96.5 cm³/mol. The van der Waals surface area contributed by atoms with Crippen LogP contribution in [0.4, 0.5) is 0 Å². The Bertz CT molecular complexity index is 544. The molecule has 0 amide bonds. The number of hydrogen-bond acceptors (Lipinski definition) is 4. The van der Waals surface area contributed by atoms with E-state index in [-0.39, 0.29) is 18.1 Å². The van der Waals surface area contributed by atoms with Crippen molar-refractivity contribution >= 4 is 18.0 Å². The maximum Gasteiger partial charge on any atom is 0.332 e. The molecule has 132 valence electrons. The maximum atomic E-state index is 10.2. The summed E-state index contributed by atoms with van der Waals surface area (Å²) in [5.74, 6) is -1.27. The van der Waals surface area contributed by atoms with Gasteiger partial charge in [-0.15, -0.1) is 0 Å². The minimum atomic E-state index is -0.927. The lowest BCUT2D eigenvalue weighted by Gasteiger charge is -1.91. The van der Waals surface area contributed by atoms with Crippen LogP contribution in [-0.2, 0) is 14.3 Å². The molecule has 0 radical (unpaired) electrons. The standard InChI is InChI=1S/C8H8.C6H10O3.C5H8O2/c1-2-8-6-4-3-5-7-8;1-5(6(8)9)3-2-4-7;1-4(2)5(6)7-3/h2-7H,1H2;3,7H,2,4H2,1H3,(H,8,9);1H2,2-3H3. The van der Waals surface area contributed by atoms with Gasteiger partial charge in [-0.2, -0.15) is 0 Å². The summed E-state index contributed by atoms with van der Waals surface area (Å²) in [5, 5.41) is 16.5. The lowest BCUT2D eigenvalue weighted by atomic mass is 10.2. The van der Waals surface area contributed by atoms with Gasteiger partial charge >= 0.3 is 11.9 Å². The van der Waals surface area contributed by atoms with Crippen LogP contribution in [-0.4, -0.2) is 35.9 Å². The van der Waals surface area contributed by atoms with Crippen LogP contribution in [0.1, 0.15) is 25.8 Å². The number of methoxy groups -OCH3 is 1. The van der Waals surface area contributed by atoms with E-state index in [1.165, 1.54) is 25.7 Å². The Labute approximate surface area is 143 Å². The predicted octanol–water partition coefficient (Wildman–Crippen LogP) is 3.46. The number of benzene rings is 1. The van der Waals surface area contributed by atoms with Gasteiger partial charge in [0.05, 0.1) is 7.11 Å². The third-order valence-corrected chi connectivity index (χ3v) is 2.49. The molecular formula is C19H26O5. The summed E-state index contributed by atoms with van der Waals surface area (Å²) in [6.07, 6.45) is 3.74. The number of carbonyl (C=O) groups excluding carboxylic acids is 1. The fraction of sp³-hybridized carbons (Fsp3) is 0.263. The summed E-state index contributed by atoms with van der Waals surface area (Å²) in [6, 6.07) is 10.0. The molecule has 1 aromatic carbocycles. The second-order valence-electron chi connectivity index (χ2n) is 4.59. The zero-order chi connectivity index (χ0) is 19.0. The average Bonchev–Trinajstić information content (AvgIpc) is 2.60. The number of carboxylic acids is 1. The second-order valence-corrected chi connectivity index (χ2v) is 4.59. The van der Waals surface area contributed by atoms with Crippen LogP contribution in [0.5, 0.6) is 0 Å². The largest absolute Gasteiger partial charge is 0.478 e. The van der Waals surface area contributed by atoms with E-state index in [9.17, 15) is 9.59 Å². The minimum Gasteiger partial charge on any atom is -0.478 e. The number of aliphatic hydroxyl groups excluding tert-OH is 1. The molecule has 1 aromatic rings. The van der Waals surface area contributed by atoms with Gasteiger partial charge in [0.15, 0.2) is 0 Å². The van der Waals surface area contributed by atoms with Gasteiger partial charge in [0, 0.05) is 17.8 Å². The molecule has 5 heteroatoms. The molecule has 0 aliphatic carbocycles. The summed E-state index contributed by atoms with van der Waals surface area (Å²) in [7, 11) is 1.33. The SMILES string of the molecule is C=C(C)C(=O)OC.C=Cc1ccccc1.CC(=CCCO)C(=O)O. The Kier molecular flexibility index (Phi) is 15.0. The third kappa shape index (κ3) is 14.3. The minimum absolute atomic E-state index is 0.00458. The van der Waals surface area contributed by atoms with E-state index in [1.807, 2.05) is 36.4 Å². The molecule has 0 spiro atoms. The lowest BCUT2D eigenvalue weighted by Crippen LogP contribution is -1.98. The molecule has 0 aliphatic rings. The summed E-state index contributed by atoms with van der Waals surface area (Å²) >= 11 is 0. The Morgan fingerprint density at radius 3 is 2.00 bits per heavy atom. The highest BCUT2D eigenvalue weighted by atomic mass is 16.5. The van der Waals surface area contributed by atoms with Crippen LogP contribution in [0.15, 0.2) is 60.7 Å². The zero-order valence-corrected chi connectivity index (χ0v) is 14.5. The summed E-state index contributed by atoms with van der Waals surface area (Å²) in [5.41, 5.74) is 1.89. The zero-order valence-electron chi connectivity index (χ0n) is 14.5. The van der Waals surface area contributed by atoms with Gasteiger partial charge < -0.3 is 14.9 Å². The van der Waals surface area contributed by atoms with Crippen molar-refractivity contribution in [2.24, 2.45) is 0 Å². The van der Waals surface area contributed by atoms with E-state index in [0.29, 0.717) is 12.0 Å². The van der Waals surface area contributed by atoms with Crippen LogP contribution in [0.25, 0.3) is 6.08 Å². The molecule has 0 aliphatic heterocycles. The first-order valence-corrected chi connectivity index (χ1v) is 7.22. The first-order valence-electron chi connectivity index (χ1n) is 7.22. The molecule has 0 unspecified atom stereocenters. The number of hydrogen-bond donors (Lipinski definition) is 2. The molecule has 0 heterocycles. The summed E-state index contributed by atoms with van der Waals surface area (Å²) < 4.78 is 4.27. The van der Waals surface area contributed by atoms with Gasteiger partial charge in [0.25, 0.3) is 0 Å². The van der Waals surface area contributed by atoms with E-state index < -0.39 is 5.97 Å². The van der Waals surface area contributed by atoms with Gasteiger partial charge in [0.2, 0.25) is 0 Å². The van der Waals surface area contributed by atoms with Crippen LogP contribution in [0, 0.1) is 0 Å². The molecule has 0 saturated carbocycles.